The van der Waals surface area contributed by atoms with Crippen LogP contribution in [0.3, 0.4) is 0 Å². The Hall–Kier alpha value is -3.22. The monoisotopic (exact) mass is 569 g/mol. The molecular formula is C25H29ClFN3O7S. The van der Waals surface area contributed by atoms with Crippen molar-refractivity contribution in [3.05, 3.63) is 73.8 Å². The third kappa shape index (κ3) is 5.77. The summed E-state index contributed by atoms with van der Waals surface area (Å²) in [6, 6.07) is 4.14. The van der Waals surface area contributed by atoms with Crippen LogP contribution in [-0.4, -0.2) is 31.7 Å². The molecule has 3 rings (SSSR count). The third-order valence-corrected chi connectivity index (χ3v) is 8.04. The molecule has 0 fully saturated rings. The Balaban J connectivity index is 2.19. The average molecular weight is 570 g/mol. The lowest BCUT2D eigenvalue weighted by atomic mass is 9.88. The van der Waals surface area contributed by atoms with E-state index in [1.54, 1.807) is 26.8 Å². The van der Waals surface area contributed by atoms with Gasteiger partial charge in [0.15, 0.2) is 0 Å². The van der Waals surface area contributed by atoms with E-state index < -0.39 is 45.1 Å². The molecule has 2 atom stereocenters. The summed E-state index contributed by atoms with van der Waals surface area (Å²) < 4.78 is 61.0. The van der Waals surface area contributed by atoms with Gasteiger partial charge in [0.2, 0.25) is 15.9 Å². The van der Waals surface area contributed by atoms with Crippen LogP contribution in [0.1, 0.15) is 67.8 Å². The summed E-state index contributed by atoms with van der Waals surface area (Å²) in [6.45, 7) is 9.37. The van der Waals surface area contributed by atoms with Gasteiger partial charge in [0, 0.05) is 12.8 Å². The largest absolute Gasteiger partial charge is 0.495 e. The summed E-state index contributed by atoms with van der Waals surface area (Å²) in [7, 11) is -3.22. The molecule has 0 aliphatic heterocycles. The fourth-order valence-electron chi connectivity index (χ4n) is 4.43. The molecule has 0 aliphatic rings. The van der Waals surface area contributed by atoms with Gasteiger partial charge >= 0.3 is 11.7 Å². The second-order valence-corrected chi connectivity index (χ2v) is 11.4. The first-order valence-corrected chi connectivity index (χ1v) is 13.4. The molecule has 3 aromatic rings. The molecule has 0 amide bonds. The Labute approximate surface area is 224 Å². The zero-order valence-corrected chi connectivity index (χ0v) is 23.5. The number of nitrogens with zero attached hydrogens (tertiary/aromatic N) is 1. The Morgan fingerprint density at radius 1 is 1.24 bits per heavy atom. The molecule has 13 heteroatoms. The second-order valence-electron chi connectivity index (χ2n) is 9.30. The van der Waals surface area contributed by atoms with Crippen molar-refractivity contribution in [2.75, 3.05) is 7.11 Å². The minimum atomic E-state index is -4.47. The molecule has 1 aromatic heterocycles. The molecule has 10 nitrogen and oxygen atoms in total. The molecule has 206 valence electrons. The lowest BCUT2D eigenvalue weighted by molar-refractivity contribution is -0.154. The van der Waals surface area contributed by atoms with E-state index in [1.807, 2.05) is 0 Å². The number of rotatable bonds is 9. The van der Waals surface area contributed by atoms with Gasteiger partial charge in [-0.15, -0.1) is 5.10 Å². The van der Waals surface area contributed by atoms with E-state index in [9.17, 15) is 22.4 Å². The van der Waals surface area contributed by atoms with Gasteiger partial charge < -0.3 is 13.9 Å². The summed E-state index contributed by atoms with van der Waals surface area (Å²) >= 11 is 6.39. The zero-order chi connectivity index (χ0) is 28.6. The maximum Gasteiger partial charge on any atom is 0.434 e. The van der Waals surface area contributed by atoms with Crippen LogP contribution in [0.5, 0.6) is 5.75 Å². The highest BCUT2D eigenvalue weighted by atomic mass is 35.5. The van der Waals surface area contributed by atoms with Gasteiger partial charge in [0.05, 0.1) is 17.7 Å². The van der Waals surface area contributed by atoms with E-state index in [4.69, 9.17) is 25.5 Å². The maximum atomic E-state index is 15.0. The van der Waals surface area contributed by atoms with Gasteiger partial charge in [0.1, 0.15) is 28.1 Å². The highest BCUT2D eigenvalue weighted by Gasteiger charge is 2.38. The lowest BCUT2D eigenvalue weighted by Crippen LogP contribution is -2.34. The van der Waals surface area contributed by atoms with Crippen molar-refractivity contribution in [1.82, 2.24) is 14.9 Å². The van der Waals surface area contributed by atoms with E-state index in [0.717, 1.165) is 5.56 Å². The van der Waals surface area contributed by atoms with Gasteiger partial charge in [-0.05, 0) is 62.6 Å². The number of aryl methyl sites for hydroxylation is 1. The third-order valence-electron chi connectivity index (χ3n) is 6.26. The van der Waals surface area contributed by atoms with Crippen LogP contribution < -0.4 is 15.2 Å². The van der Waals surface area contributed by atoms with Crippen molar-refractivity contribution in [1.29, 1.82) is 0 Å². The van der Waals surface area contributed by atoms with Crippen LogP contribution in [-0.2, 0) is 25.2 Å². The summed E-state index contributed by atoms with van der Waals surface area (Å²) in [5.74, 6) is -3.41. The standard InChI is InChI=1S/C25H29ClFN3O7S/c1-12-8-10-17(27)19(13(12)2)14(3)21(23-28-29-24(32)36-23)30-38(33,34)18-11-9-16(26)20(22(18)35-7)25(5,6)37-15(4)31/h8-11,14,21,30H,1-7H3,(H,29,32)/t14-,21+/m1/s1. The van der Waals surface area contributed by atoms with Crippen LogP contribution >= 0.6 is 11.6 Å². The Morgan fingerprint density at radius 3 is 2.45 bits per heavy atom. The highest BCUT2D eigenvalue weighted by Crippen LogP contribution is 2.43. The number of methoxy groups -OCH3 is 1. The lowest BCUT2D eigenvalue weighted by Gasteiger charge is -2.29. The molecular weight excluding hydrogens is 541 g/mol. The topological polar surface area (TPSA) is 141 Å². The molecule has 2 aromatic carbocycles. The van der Waals surface area contributed by atoms with Gasteiger partial charge in [-0.25, -0.2) is 22.7 Å². The summed E-state index contributed by atoms with van der Waals surface area (Å²) in [5.41, 5.74) is 0.381. The minimum absolute atomic E-state index is 0.104. The molecule has 0 aliphatic carbocycles. The minimum Gasteiger partial charge on any atom is -0.495 e. The number of ether oxygens (including phenoxy) is 2. The van der Waals surface area contributed by atoms with E-state index in [1.165, 1.54) is 46.1 Å². The Kier molecular flexibility index (Phi) is 8.39. The summed E-state index contributed by atoms with van der Waals surface area (Å²) in [4.78, 5) is 23.1. The number of hydrogen-bond acceptors (Lipinski definition) is 8. The zero-order valence-electron chi connectivity index (χ0n) is 21.9. The normalized spacial score (nSPS) is 13.7. The molecule has 0 saturated heterocycles. The molecule has 0 spiro atoms. The second kappa shape index (κ2) is 10.9. The molecule has 2 N–H and O–H groups in total. The fourth-order valence-corrected chi connectivity index (χ4v) is 6.25. The number of esters is 1. The van der Waals surface area contributed by atoms with Gasteiger partial charge in [-0.3, -0.25) is 4.79 Å². The number of benzene rings is 2. The fraction of sp³-hybridized carbons (Fsp3) is 0.400. The van der Waals surface area contributed by atoms with Gasteiger partial charge in [-0.2, -0.15) is 4.72 Å². The first-order valence-electron chi connectivity index (χ1n) is 11.5. The van der Waals surface area contributed by atoms with Crippen molar-refractivity contribution in [3.63, 3.8) is 0 Å². The maximum absolute atomic E-state index is 15.0. The first-order chi connectivity index (χ1) is 17.6. The van der Waals surface area contributed by atoms with Gasteiger partial charge in [0.25, 0.3) is 0 Å². The van der Waals surface area contributed by atoms with Crippen molar-refractivity contribution in [2.45, 2.75) is 64.0 Å². The summed E-state index contributed by atoms with van der Waals surface area (Å²) in [5, 5.41) is 6.02. The number of carbonyl (C=O) groups is 1. The number of aromatic nitrogens is 2. The van der Waals surface area contributed by atoms with Crippen LogP contribution in [0.15, 0.2) is 38.4 Å². The predicted molar refractivity (Wildman–Crippen MR) is 137 cm³/mol. The quantitative estimate of drug-likeness (QED) is 0.361. The van der Waals surface area contributed by atoms with Crippen molar-refractivity contribution in [3.8, 4) is 5.75 Å². The molecule has 1 heterocycles. The van der Waals surface area contributed by atoms with Crippen molar-refractivity contribution >= 4 is 27.6 Å². The molecule has 0 bridgehead atoms. The Bertz CT molecular complexity index is 1530. The Morgan fingerprint density at radius 2 is 1.89 bits per heavy atom. The number of H-pyrrole nitrogens is 1. The van der Waals surface area contributed by atoms with Crippen LogP contribution in [0.4, 0.5) is 4.39 Å². The number of nitrogens with one attached hydrogen (secondary N) is 2. The van der Waals surface area contributed by atoms with E-state index in [0.29, 0.717) is 5.56 Å². The number of sulfonamides is 1. The van der Waals surface area contributed by atoms with Crippen molar-refractivity contribution < 1.29 is 31.5 Å². The smallest absolute Gasteiger partial charge is 0.434 e. The van der Waals surface area contributed by atoms with E-state index >= 15 is 0 Å². The highest BCUT2D eigenvalue weighted by molar-refractivity contribution is 7.89. The SMILES string of the molecule is COc1c(S(=O)(=O)N[C@H](c2n[nH]c(=O)o2)[C@H](C)c2c(F)ccc(C)c2C)ccc(Cl)c1C(C)(C)OC(C)=O. The predicted octanol–water partition coefficient (Wildman–Crippen LogP) is 4.40. The van der Waals surface area contributed by atoms with E-state index in [2.05, 4.69) is 14.9 Å². The molecule has 38 heavy (non-hydrogen) atoms. The van der Waals surface area contributed by atoms with E-state index in [-0.39, 0.29) is 32.7 Å². The average Bonchev–Trinajstić information content (AvgIpc) is 3.24. The summed E-state index contributed by atoms with van der Waals surface area (Å²) in [6.07, 6.45) is 0. The number of halogens is 2. The first kappa shape index (κ1) is 29.3. The van der Waals surface area contributed by atoms with Crippen molar-refractivity contribution in [2.24, 2.45) is 0 Å². The number of aromatic amines is 1. The number of hydrogen-bond donors (Lipinski definition) is 2. The van der Waals surface area contributed by atoms with Crippen LogP contribution in [0.2, 0.25) is 5.02 Å². The van der Waals surface area contributed by atoms with Gasteiger partial charge in [-0.1, -0.05) is 24.6 Å². The molecule has 0 unspecified atom stereocenters. The molecule has 0 saturated carbocycles. The number of carbonyl (C=O) groups excluding carboxylic acids is 1. The van der Waals surface area contributed by atoms with Crippen LogP contribution in [0, 0.1) is 19.7 Å². The molecule has 0 radical (unpaired) electrons. The van der Waals surface area contributed by atoms with Crippen LogP contribution in [0.25, 0.3) is 0 Å².